The van der Waals surface area contributed by atoms with Crippen molar-refractivity contribution in [2.45, 2.75) is 64.4 Å². The van der Waals surface area contributed by atoms with Crippen LogP contribution in [0.1, 0.15) is 67.6 Å². The monoisotopic (exact) mass is 366 g/mol. The van der Waals surface area contributed by atoms with Crippen LogP contribution in [0.2, 0.25) is 0 Å². The van der Waals surface area contributed by atoms with E-state index in [1.54, 1.807) is 0 Å². The van der Waals surface area contributed by atoms with Crippen LogP contribution in [-0.2, 0) is 6.61 Å². The third-order valence-electron chi connectivity index (χ3n) is 6.06. The molecule has 4 rings (SSSR count). The lowest BCUT2D eigenvalue weighted by Gasteiger charge is -2.25. The van der Waals surface area contributed by atoms with E-state index in [-0.39, 0.29) is 6.61 Å². The van der Waals surface area contributed by atoms with Gasteiger partial charge in [-0.1, -0.05) is 31.4 Å². The summed E-state index contributed by atoms with van der Waals surface area (Å²) in [7, 11) is 0. The summed E-state index contributed by atoms with van der Waals surface area (Å²) in [4.78, 5) is 4.67. The van der Waals surface area contributed by atoms with Crippen LogP contribution in [0.5, 0.6) is 5.75 Å². The van der Waals surface area contributed by atoms with Gasteiger partial charge in [0.2, 0.25) is 0 Å². The molecule has 0 radical (unpaired) electrons. The summed E-state index contributed by atoms with van der Waals surface area (Å²) in [5.41, 5.74) is 11.3. The Balaban J connectivity index is 1.76. The molecule has 2 fully saturated rings. The predicted molar refractivity (Wildman–Crippen MR) is 109 cm³/mol. The molecule has 2 aromatic rings. The predicted octanol–water partition coefficient (Wildman–Crippen LogP) is 4.97. The van der Waals surface area contributed by atoms with E-state index in [2.05, 4.69) is 24.0 Å². The Morgan fingerprint density at radius 3 is 2.63 bits per heavy atom. The van der Waals surface area contributed by atoms with Crippen LogP contribution in [0.15, 0.2) is 24.3 Å². The molecule has 1 aromatic carbocycles. The molecular formula is C23H30N2O2. The van der Waals surface area contributed by atoms with E-state index in [9.17, 15) is 5.11 Å². The molecule has 0 spiro atoms. The van der Waals surface area contributed by atoms with Crippen molar-refractivity contribution in [1.82, 2.24) is 4.98 Å². The standard InChI is InChI=1S/C23H30N2O2/c1-15-6-5-9-21(27-14-16-10-11-16)22(15)20-12-18(17-7-3-2-4-8-17)19(13-26)23(24)25-20/h5-6,9,12,16-17,26H,2-4,7-8,10-11,13-14H2,1H3,(H2,24,25). The number of anilines is 1. The van der Waals surface area contributed by atoms with Gasteiger partial charge in [-0.2, -0.15) is 0 Å². The highest BCUT2D eigenvalue weighted by atomic mass is 16.5. The number of benzene rings is 1. The van der Waals surface area contributed by atoms with Gasteiger partial charge in [-0.25, -0.2) is 4.98 Å². The molecule has 1 aromatic heterocycles. The Labute approximate surface area is 161 Å². The Bertz CT molecular complexity index is 808. The van der Waals surface area contributed by atoms with Gasteiger partial charge in [0.05, 0.1) is 18.9 Å². The number of ether oxygens (including phenoxy) is 1. The molecule has 1 heterocycles. The number of rotatable bonds is 6. The largest absolute Gasteiger partial charge is 0.493 e. The number of aliphatic hydroxyl groups excluding tert-OH is 1. The second kappa shape index (κ2) is 7.89. The van der Waals surface area contributed by atoms with E-state index in [0.29, 0.717) is 17.7 Å². The van der Waals surface area contributed by atoms with Crippen molar-refractivity contribution in [2.24, 2.45) is 5.92 Å². The van der Waals surface area contributed by atoms with Crippen LogP contribution in [0.4, 0.5) is 5.82 Å². The Morgan fingerprint density at radius 1 is 1.15 bits per heavy atom. The zero-order chi connectivity index (χ0) is 18.8. The molecule has 3 N–H and O–H groups in total. The van der Waals surface area contributed by atoms with Gasteiger partial charge in [0.15, 0.2) is 0 Å². The first-order chi connectivity index (χ1) is 13.2. The van der Waals surface area contributed by atoms with Crippen LogP contribution in [0.3, 0.4) is 0 Å². The first-order valence-corrected chi connectivity index (χ1v) is 10.3. The zero-order valence-corrected chi connectivity index (χ0v) is 16.2. The number of nitrogen functional groups attached to an aromatic ring is 1. The molecule has 0 saturated heterocycles. The average Bonchev–Trinajstić information content (AvgIpc) is 3.51. The molecule has 0 atom stereocenters. The minimum Gasteiger partial charge on any atom is -0.493 e. The highest BCUT2D eigenvalue weighted by molar-refractivity contribution is 5.73. The number of pyridine rings is 1. The SMILES string of the molecule is Cc1cccc(OCC2CC2)c1-c1cc(C2CCCCC2)c(CO)c(N)n1. The fourth-order valence-electron chi connectivity index (χ4n) is 4.27. The Kier molecular flexibility index (Phi) is 5.35. The van der Waals surface area contributed by atoms with Crippen molar-refractivity contribution in [2.75, 3.05) is 12.3 Å². The summed E-state index contributed by atoms with van der Waals surface area (Å²) in [5.74, 6) is 2.50. The van der Waals surface area contributed by atoms with Gasteiger partial charge >= 0.3 is 0 Å². The summed E-state index contributed by atoms with van der Waals surface area (Å²) >= 11 is 0. The summed E-state index contributed by atoms with van der Waals surface area (Å²) in [6.45, 7) is 2.82. The molecule has 0 aliphatic heterocycles. The molecule has 0 unspecified atom stereocenters. The maximum absolute atomic E-state index is 9.91. The molecule has 2 aliphatic carbocycles. The zero-order valence-electron chi connectivity index (χ0n) is 16.2. The number of aliphatic hydroxyl groups is 1. The number of aromatic nitrogens is 1. The van der Waals surface area contributed by atoms with Crippen molar-refractivity contribution in [1.29, 1.82) is 0 Å². The van der Waals surface area contributed by atoms with E-state index in [4.69, 9.17) is 10.5 Å². The summed E-state index contributed by atoms with van der Waals surface area (Å²) in [5, 5.41) is 9.91. The number of nitrogens with zero attached hydrogens (tertiary/aromatic N) is 1. The van der Waals surface area contributed by atoms with Gasteiger partial charge in [0, 0.05) is 11.1 Å². The highest BCUT2D eigenvalue weighted by Crippen LogP contribution is 2.40. The minimum absolute atomic E-state index is 0.0518. The quantitative estimate of drug-likeness (QED) is 0.757. The van der Waals surface area contributed by atoms with Crippen LogP contribution in [0, 0.1) is 12.8 Å². The van der Waals surface area contributed by atoms with Crippen LogP contribution >= 0.6 is 0 Å². The fourth-order valence-corrected chi connectivity index (χ4v) is 4.27. The Hall–Kier alpha value is -2.07. The van der Waals surface area contributed by atoms with Gasteiger partial charge in [-0.05, 0) is 67.7 Å². The average molecular weight is 367 g/mol. The number of nitrogens with two attached hydrogens (primary N) is 1. The maximum Gasteiger partial charge on any atom is 0.129 e. The number of hydrogen-bond donors (Lipinski definition) is 2. The second-order valence-corrected chi connectivity index (χ2v) is 8.16. The minimum atomic E-state index is -0.0518. The molecule has 2 aliphatic rings. The summed E-state index contributed by atoms with van der Waals surface area (Å²) < 4.78 is 6.15. The lowest BCUT2D eigenvalue weighted by molar-refractivity contribution is 0.279. The molecule has 27 heavy (non-hydrogen) atoms. The van der Waals surface area contributed by atoms with Crippen molar-refractivity contribution in [3.8, 4) is 17.0 Å². The van der Waals surface area contributed by atoms with Gasteiger partial charge < -0.3 is 15.6 Å². The highest BCUT2D eigenvalue weighted by Gasteiger charge is 2.25. The van der Waals surface area contributed by atoms with E-state index < -0.39 is 0 Å². The topological polar surface area (TPSA) is 68.4 Å². The molecule has 144 valence electrons. The van der Waals surface area contributed by atoms with Gasteiger partial charge in [0.25, 0.3) is 0 Å². The smallest absolute Gasteiger partial charge is 0.129 e. The van der Waals surface area contributed by atoms with E-state index in [1.807, 2.05) is 12.1 Å². The number of hydrogen-bond acceptors (Lipinski definition) is 4. The molecule has 0 amide bonds. The van der Waals surface area contributed by atoms with Crippen molar-refractivity contribution in [3.05, 3.63) is 41.0 Å². The molecule has 4 nitrogen and oxygen atoms in total. The van der Waals surface area contributed by atoms with E-state index in [1.165, 1.54) is 37.7 Å². The molecule has 2 saturated carbocycles. The molecule has 4 heteroatoms. The van der Waals surface area contributed by atoms with Gasteiger partial charge in [-0.3, -0.25) is 0 Å². The third kappa shape index (κ3) is 3.96. The first-order valence-electron chi connectivity index (χ1n) is 10.3. The summed E-state index contributed by atoms with van der Waals surface area (Å²) in [6.07, 6.45) is 8.64. The van der Waals surface area contributed by atoms with Crippen LogP contribution in [0.25, 0.3) is 11.3 Å². The number of aryl methyl sites for hydroxylation is 1. The fraction of sp³-hybridized carbons (Fsp3) is 0.522. The normalized spacial score (nSPS) is 17.9. The van der Waals surface area contributed by atoms with Crippen molar-refractivity contribution >= 4 is 5.82 Å². The van der Waals surface area contributed by atoms with Crippen LogP contribution in [-0.4, -0.2) is 16.7 Å². The molecule has 0 bridgehead atoms. The summed E-state index contributed by atoms with van der Waals surface area (Å²) in [6, 6.07) is 8.32. The first kappa shape index (κ1) is 18.3. The van der Waals surface area contributed by atoms with E-state index in [0.717, 1.165) is 47.6 Å². The van der Waals surface area contributed by atoms with E-state index >= 15 is 0 Å². The van der Waals surface area contributed by atoms with Crippen LogP contribution < -0.4 is 10.5 Å². The van der Waals surface area contributed by atoms with Crippen molar-refractivity contribution < 1.29 is 9.84 Å². The van der Waals surface area contributed by atoms with Crippen molar-refractivity contribution in [3.63, 3.8) is 0 Å². The third-order valence-corrected chi connectivity index (χ3v) is 6.06. The Morgan fingerprint density at radius 2 is 1.93 bits per heavy atom. The maximum atomic E-state index is 9.91. The second-order valence-electron chi connectivity index (χ2n) is 8.16. The molecular weight excluding hydrogens is 336 g/mol. The van der Waals surface area contributed by atoms with Gasteiger partial charge in [0.1, 0.15) is 11.6 Å². The lowest BCUT2D eigenvalue weighted by atomic mass is 9.81. The van der Waals surface area contributed by atoms with Gasteiger partial charge in [-0.15, -0.1) is 0 Å². The lowest BCUT2D eigenvalue weighted by Crippen LogP contribution is -2.12.